The first-order chi connectivity index (χ1) is 14.6. The second-order valence-corrected chi connectivity index (χ2v) is 7.44. The summed E-state index contributed by atoms with van der Waals surface area (Å²) in [5.74, 6) is 7.00. The smallest absolute Gasteiger partial charge is 0.201 e. The Balaban J connectivity index is 1.49. The van der Waals surface area contributed by atoms with Gasteiger partial charge in [0.25, 0.3) is 0 Å². The molecule has 0 aliphatic rings. The number of nitrogens with one attached hydrogen (secondary N) is 2. The molecule has 0 amide bonds. The van der Waals surface area contributed by atoms with Crippen molar-refractivity contribution in [2.75, 3.05) is 19.0 Å². The van der Waals surface area contributed by atoms with Crippen LogP contribution in [-0.2, 0) is 4.74 Å². The quantitative estimate of drug-likeness (QED) is 0.443. The molecule has 150 valence electrons. The van der Waals surface area contributed by atoms with Crippen molar-refractivity contribution in [1.82, 2.24) is 15.0 Å². The van der Waals surface area contributed by atoms with Gasteiger partial charge in [-0.05, 0) is 54.8 Å². The van der Waals surface area contributed by atoms with E-state index in [1.165, 1.54) is 0 Å². The fourth-order valence-corrected chi connectivity index (χ4v) is 3.22. The van der Waals surface area contributed by atoms with Crippen LogP contribution in [0, 0.1) is 11.8 Å². The largest absolute Gasteiger partial charge is 0.383 e. The summed E-state index contributed by atoms with van der Waals surface area (Å²) in [6, 6.07) is 17.7. The van der Waals surface area contributed by atoms with Crippen molar-refractivity contribution >= 4 is 28.6 Å². The first-order valence-electron chi connectivity index (χ1n) is 9.60. The Hall–Kier alpha value is -3.33. The van der Waals surface area contributed by atoms with E-state index in [4.69, 9.17) is 16.3 Å². The molecule has 0 spiro atoms. The van der Waals surface area contributed by atoms with E-state index in [9.17, 15) is 0 Å². The number of hydrogen-bond donors (Lipinski definition) is 2. The number of H-pyrrole nitrogens is 1. The molecule has 4 rings (SSSR count). The minimum Gasteiger partial charge on any atom is -0.383 e. The zero-order valence-corrected chi connectivity index (χ0v) is 17.5. The number of nitrogens with zero attached hydrogens (tertiary/aromatic N) is 2. The Kier molecular flexibility index (Phi) is 5.99. The summed E-state index contributed by atoms with van der Waals surface area (Å²) >= 11 is 5.95. The van der Waals surface area contributed by atoms with E-state index in [1.54, 1.807) is 7.11 Å². The lowest BCUT2D eigenvalue weighted by atomic mass is 10.1. The highest BCUT2D eigenvalue weighted by Gasteiger charge is 2.06. The molecule has 1 atom stereocenters. The van der Waals surface area contributed by atoms with E-state index in [-0.39, 0.29) is 6.04 Å². The standard InChI is InChI=1S/C24H21ClN4O/c1-16(15-30-2)27-24-28-22-12-4-17(13-23(22)29-24)3-10-21-11-7-19(14-26-21)18-5-8-20(25)9-6-18/h4-9,11-14,16H,15H2,1-2H3,(H2,27,28,29). The van der Waals surface area contributed by atoms with E-state index in [0.29, 0.717) is 12.3 Å². The molecule has 5 nitrogen and oxygen atoms in total. The highest BCUT2D eigenvalue weighted by atomic mass is 35.5. The van der Waals surface area contributed by atoms with Crippen LogP contribution < -0.4 is 5.32 Å². The van der Waals surface area contributed by atoms with Crippen molar-refractivity contribution < 1.29 is 4.74 Å². The predicted molar refractivity (Wildman–Crippen MR) is 122 cm³/mol. The maximum Gasteiger partial charge on any atom is 0.201 e. The van der Waals surface area contributed by atoms with Gasteiger partial charge in [0.1, 0.15) is 5.69 Å². The summed E-state index contributed by atoms with van der Waals surface area (Å²) in [4.78, 5) is 12.3. The van der Waals surface area contributed by atoms with Crippen molar-refractivity contribution in [3.63, 3.8) is 0 Å². The van der Waals surface area contributed by atoms with Gasteiger partial charge in [-0.15, -0.1) is 0 Å². The molecule has 6 heteroatoms. The summed E-state index contributed by atoms with van der Waals surface area (Å²) in [6.07, 6.45) is 1.82. The molecule has 0 radical (unpaired) electrons. The highest BCUT2D eigenvalue weighted by molar-refractivity contribution is 6.30. The van der Waals surface area contributed by atoms with Gasteiger partial charge in [-0.25, -0.2) is 9.97 Å². The van der Waals surface area contributed by atoms with E-state index < -0.39 is 0 Å². The average Bonchev–Trinajstić information content (AvgIpc) is 3.14. The number of pyridine rings is 1. The third-order valence-electron chi connectivity index (χ3n) is 4.56. The molecule has 0 aliphatic carbocycles. The first-order valence-corrected chi connectivity index (χ1v) is 9.98. The summed E-state index contributed by atoms with van der Waals surface area (Å²) in [7, 11) is 1.68. The third kappa shape index (κ3) is 4.80. The van der Waals surface area contributed by atoms with Gasteiger partial charge in [0.2, 0.25) is 5.95 Å². The number of anilines is 1. The normalized spacial score (nSPS) is 11.7. The Morgan fingerprint density at radius 2 is 1.87 bits per heavy atom. The van der Waals surface area contributed by atoms with Gasteiger partial charge >= 0.3 is 0 Å². The van der Waals surface area contributed by atoms with Crippen molar-refractivity contribution in [1.29, 1.82) is 0 Å². The Morgan fingerprint density at radius 3 is 2.60 bits per heavy atom. The minimum absolute atomic E-state index is 0.164. The molecular weight excluding hydrogens is 396 g/mol. The van der Waals surface area contributed by atoms with Gasteiger partial charge in [-0.2, -0.15) is 0 Å². The van der Waals surface area contributed by atoms with Gasteiger partial charge in [-0.3, -0.25) is 0 Å². The molecular formula is C24H21ClN4O. The number of methoxy groups -OCH3 is 1. The lowest BCUT2D eigenvalue weighted by Crippen LogP contribution is -2.21. The van der Waals surface area contributed by atoms with Crippen molar-refractivity contribution in [3.05, 3.63) is 77.1 Å². The zero-order chi connectivity index (χ0) is 20.9. The molecule has 0 bridgehead atoms. The van der Waals surface area contributed by atoms with Gasteiger partial charge in [0, 0.05) is 35.5 Å². The molecule has 2 aromatic carbocycles. The Labute approximate surface area is 180 Å². The van der Waals surface area contributed by atoms with Crippen LogP contribution in [0.5, 0.6) is 0 Å². The molecule has 0 fully saturated rings. The van der Waals surface area contributed by atoms with E-state index in [1.807, 2.05) is 67.7 Å². The second-order valence-electron chi connectivity index (χ2n) is 7.01. The average molecular weight is 417 g/mol. The van der Waals surface area contributed by atoms with Crippen LogP contribution in [0.25, 0.3) is 22.2 Å². The van der Waals surface area contributed by atoms with Gasteiger partial charge < -0.3 is 15.0 Å². The maximum absolute atomic E-state index is 5.95. The van der Waals surface area contributed by atoms with E-state index >= 15 is 0 Å². The summed E-state index contributed by atoms with van der Waals surface area (Å²) in [5.41, 5.74) is 5.51. The second kappa shape index (κ2) is 9.00. The number of benzene rings is 2. The molecule has 0 saturated carbocycles. The number of halogens is 1. The number of imidazole rings is 1. The number of aromatic amines is 1. The van der Waals surface area contributed by atoms with E-state index in [0.717, 1.165) is 38.7 Å². The predicted octanol–water partition coefficient (Wildman–Crippen LogP) is 5.12. The van der Waals surface area contributed by atoms with E-state index in [2.05, 4.69) is 32.1 Å². The zero-order valence-electron chi connectivity index (χ0n) is 16.7. The summed E-state index contributed by atoms with van der Waals surface area (Å²) in [6.45, 7) is 2.65. The fraction of sp³-hybridized carbons (Fsp3) is 0.167. The fourth-order valence-electron chi connectivity index (χ4n) is 3.09. The third-order valence-corrected chi connectivity index (χ3v) is 4.81. The summed E-state index contributed by atoms with van der Waals surface area (Å²) in [5, 5.41) is 4.00. The Morgan fingerprint density at radius 1 is 1.07 bits per heavy atom. The number of ether oxygens (including phenoxy) is 1. The number of aromatic nitrogens is 3. The van der Waals surface area contributed by atoms with Crippen LogP contribution in [-0.4, -0.2) is 34.7 Å². The van der Waals surface area contributed by atoms with Crippen molar-refractivity contribution in [2.24, 2.45) is 0 Å². The maximum atomic E-state index is 5.95. The van der Waals surface area contributed by atoms with Gasteiger partial charge in [0.05, 0.1) is 17.6 Å². The lowest BCUT2D eigenvalue weighted by Gasteiger charge is -2.10. The van der Waals surface area contributed by atoms with Crippen molar-refractivity contribution in [2.45, 2.75) is 13.0 Å². The lowest BCUT2D eigenvalue weighted by molar-refractivity contribution is 0.190. The van der Waals surface area contributed by atoms with Crippen LogP contribution >= 0.6 is 11.6 Å². The number of rotatable bonds is 5. The molecule has 2 heterocycles. The van der Waals surface area contributed by atoms with Crippen molar-refractivity contribution in [3.8, 4) is 23.0 Å². The van der Waals surface area contributed by atoms with Gasteiger partial charge in [0.15, 0.2) is 0 Å². The first kappa shape index (κ1) is 20.0. The topological polar surface area (TPSA) is 62.8 Å². The Bertz CT molecular complexity index is 1200. The highest BCUT2D eigenvalue weighted by Crippen LogP contribution is 2.21. The van der Waals surface area contributed by atoms with Crippen LogP contribution in [0.2, 0.25) is 5.02 Å². The molecule has 0 saturated heterocycles. The van der Waals surface area contributed by atoms with Gasteiger partial charge in [-0.1, -0.05) is 35.7 Å². The molecule has 2 N–H and O–H groups in total. The summed E-state index contributed by atoms with van der Waals surface area (Å²) < 4.78 is 5.15. The van der Waals surface area contributed by atoms with Crippen LogP contribution in [0.1, 0.15) is 18.2 Å². The number of hydrogen-bond acceptors (Lipinski definition) is 4. The SMILES string of the molecule is COCC(C)Nc1nc2cc(C#Cc3ccc(-c4ccc(Cl)cc4)cn3)ccc2[nH]1. The molecule has 4 aromatic rings. The molecule has 2 aromatic heterocycles. The van der Waals surface area contributed by atoms with Crippen LogP contribution in [0.4, 0.5) is 5.95 Å². The van der Waals surface area contributed by atoms with Crippen LogP contribution in [0.3, 0.4) is 0 Å². The van der Waals surface area contributed by atoms with Crippen LogP contribution in [0.15, 0.2) is 60.8 Å². The molecule has 1 unspecified atom stereocenters. The number of fused-ring (bicyclic) bond motifs is 1. The molecule has 30 heavy (non-hydrogen) atoms. The monoisotopic (exact) mass is 416 g/mol. The molecule has 0 aliphatic heterocycles. The minimum atomic E-state index is 0.164.